The Kier molecular flexibility index (Phi) is 4.03. The lowest BCUT2D eigenvalue weighted by atomic mass is 9.95. The standard InChI is InChI=1S/C21H14N4O2/c22-12-13-5-1-2-6-15(13)16-7-3-4-8-17(16)20(26)23-14-9-10-18-19(11-14)25-21(27)24-18/h1-11H,(H,23,26)(H2,24,25,27). The maximum absolute atomic E-state index is 12.9. The predicted molar refractivity (Wildman–Crippen MR) is 103 cm³/mol. The van der Waals surface area contributed by atoms with Crippen LogP contribution < -0.4 is 11.0 Å². The van der Waals surface area contributed by atoms with E-state index in [4.69, 9.17) is 0 Å². The molecule has 1 amide bonds. The zero-order chi connectivity index (χ0) is 18.8. The van der Waals surface area contributed by atoms with E-state index in [2.05, 4.69) is 21.4 Å². The number of fused-ring (bicyclic) bond motifs is 1. The normalized spacial score (nSPS) is 10.5. The summed E-state index contributed by atoms with van der Waals surface area (Å²) in [7, 11) is 0. The highest BCUT2D eigenvalue weighted by molar-refractivity contribution is 6.09. The fraction of sp³-hybridized carbons (Fsp3) is 0. The summed E-state index contributed by atoms with van der Waals surface area (Å²) in [6.07, 6.45) is 0. The number of hydrogen-bond donors (Lipinski definition) is 3. The van der Waals surface area contributed by atoms with Gasteiger partial charge in [0.05, 0.1) is 22.7 Å². The van der Waals surface area contributed by atoms with Crippen LogP contribution in [0.2, 0.25) is 0 Å². The average Bonchev–Trinajstić information content (AvgIpc) is 3.07. The lowest BCUT2D eigenvalue weighted by Gasteiger charge is -2.11. The number of aromatic nitrogens is 2. The Hall–Kier alpha value is -4.11. The Bertz CT molecular complexity index is 1260. The summed E-state index contributed by atoms with van der Waals surface area (Å²) in [5, 5.41) is 12.2. The molecule has 3 N–H and O–H groups in total. The number of carbonyl (C=O) groups excluding carboxylic acids is 1. The number of benzene rings is 3. The van der Waals surface area contributed by atoms with Gasteiger partial charge in [-0.3, -0.25) is 4.79 Å². The van der Waals surface area contributed by atoms with Crippen LogP contribution in [-0.4, -0.2) is 15.9 Å². The van der Waals surface area contributed by atoms with Crippen molar-refractivity contribution in [2.45, 2.75) is 0 Å². The second-order valence-corrected chi connectivity index (χ2v) is 6.00. The maximum atomic E-state index is 12.9. The van der Waals surface area contributed by atoms with E-state index in [1.807, 2.05) is 24.3 Å². The van der Waals surface area contributed by atoms with E-state index in [9.17, 15) is 14.9 Å². The molecule has 4 aromatic rings. The number of aromatic amines is 2. The molecule has 130 valence electrons. The minimum Gasteiger partial charge on any atom is -0.322 e. The molecule has 0 fully saturated rings. The van der Waals surface area contributed by atoms with Crippen molar-refractivity contribution in [1.29, 1.82) is 5.26 Å². The fourth-order valence-corrected chi connectivity index (χ4v) is 3.04. The van der Waals surface area contributed by atoms with Gasteiger partial charge in [0.15, 0.2) is 0 Å². The van der Waals surface area contributed by atoms with Gasteiger partial charge in [-0.25, -0.2) is 4.79 Å². The molecule has 0 spiro atoms. The van der Waals surface area contributed by atoms with Crippen LogP contribution in [0.5, 0.6) is 0 Å². The van der Waals surface area contributed by atoms with E-state index in [-0.39, 0.29) is 11.6 Å². The number of anilines is 1. The number of nitrogens with one attached hydrogen (secondary N) is 3. The Balaban J connectivity index is 1.72. The smallest absolute Gasteiger partial charge is 0.322 e. The molecular weight excluding hydrogens is 340 g/mol. The van der Waals surface area contributed by atoms with Crippen LogP contribution in [0.15, 0.2) is 71.5 Å². The predicted octanol–water partition coefficient (Wildman–Crippen LogP) is 3.65. The number of carbonyl (C=O) groups is 1. The third-order valence-corrected chi connectivity index (χ3v) is 4.28. The first-order valence-electron chi connectivity index (χ1n) is 8.27. The summed E-state index contributed by atoms with van der Waals surface area (Å²) in [6, 6.07) is 21.6. The van der Waals surface area contributed by atoms with Gasteiger partial charge in [0.2, 0.25) is 0 Å². The maximum Gasteiger partial charge on any atom is 0.323 e. The lowest BCUT2D eigenvalue weighted by Crippen LogP contribution is -2.13. The van der Waals surface area contributed by atoms with Crippen molar-refractivity contribution in [1.82, 2.24) is 9.97 Å². The highest BCUT2D eigenvalue weighted by Crippen LogP contribution is 2.27. The van der Waals surface area contributed by atoms with Crippen molar-refractivity contribution in [2.24, 2.45) is 0 Å². The first kappa shape index (κ1) is 16.4. The van der Waals surface area contributed by atoms with Crippen LogP contribution in [0.3, 0.4) is 0 Å². The molecule has 0 radical (unpaired) electrons. The Morgan fingerprint density at radius 1 is 0.889 bits per heavy atom. The van der Waals surface area contributed by atoms with Crippen LogP contribution >= 0.6 is 0 Å². The number of H-pyrrole nitrogens is 2. The molecule has 6 heteroatoms. The van der Waals surface area contributed by atoms with Gasteiger partial charge >= 0.3 is 5.69 Å². The van der Waals surface area contributed by atoms with E-state index in [0.717, 1.165) is 0 Å². The van der Waals surface area contributed by atoms with Gasteiger partial charge in [-0.05, 0) is 35.9 Å². The molecule has 3 aromatic carbocycles. The van der Waals surface area contributed by atoms with E-state index in [1.165, 1.54) is 0 Å². The van der Waals surface area contributed by atoms with E-state index < -0.39 is 0 Å². The van der Waals surface area contributed by atoms with Crippen molar-refractivity contribution >= 4 is 22.6 Å². The van der Waals surface area contributed by atoms with Crippen LogP contribution in [0, 0.1) is 11.3 Å². The van der Waals surface area contributed by atoms with Crippen molar-refractivity contribution in [3.8, 4) is 17.2 Å². The Morgan fingerprint density at radius 2 is 1.59 bits per heavy atom. The zero-order valence-corrected chi connectivity index (χ0v) is 14.1. The Morgan fingerprint density at radius 3 is 2.41 bits per heavy atom. The summed E-state index contributed by atoms with van der Waals surface area (Å²) in [4.78, 5) is 29.6. The van der Waals surface area contributed by atoms with Gasteiger partial charge in [0.1, 0.15) is 0 Å². The molecular formula is C21H14N4O2. The highest BCUT2D eigenvalue weighted by Gasteiger charge is 2.15. The molecule has 0 aliphatic rings. The largest absolute Gasteiger partial charge is 0.323 e. The topological polar surface area (TPSA) is 102 Å². The number of amides is 1. The van der Waals surface area contributed by atoms with Crippen molar-refractivity contribution < 1.29 is 4.79 Å². The lowest BCUT2D eigenvalue weighted by molar-refractivity contribution is 0.102. The molecule has 1 aromatic heterocycles. The zero-order valence-electron chi connectivity index (χ0n) is 14.1. The van der Waals surface area contributed by atoms with E-state index in [1.54, 1.807) is 42.5 Å². The van der Waals surface area contributed by atoms with Gasteiger partial charge in [-0.15, -0.1) is 0 Å². The first-order chi connectivity index (χ1) is 13.2. The van der Waals surface area contributed by atoms with Gasteiger partial charge in [-0.2, -0.15) is 5.26 Å². The molecule has 27 heavy (non-hydrogen) atoms. The van der Waals surface area contributed by atoms with Crippen LogP contribution in [0.1, 0.15) is 15.9 Å². The van der Waals surface area contributed by atoms with Crippen LogP contribution in [-0.2, 0) is 0 Å². The molecule has 0 saturated carbocycles. The third kappa shape index (κ3) is 3.10. The average molecular weight is 354 g/mol. The van der Waals surface area contributed by atoms with E-state index >= 15 is 0 Å². The summed E-state index contributed by atoms with van der Waals surface area (Å²) in [5.41, 5.74) is 3.90. The quantitative estimate of drug-likeness (QED) is 0.523. The van der Waals surface area contributed by atoms with E-state index in [0.29, 0.717) is 39.0 Å². The molecule has 4 rings (SSSR count). The van der Waals surface area contributed by atoms with Gasteiger partial charge < -0.3 is 15.3 Å². The van der Waals surface area contributed by atoms with Crippen LogP contribution in [0.4, 0.5) is 5.69 Å². The number of hydrogen-bond acceptors (Lipinski definition) is 3. The van der Waals surface area contributed by atoms with Crippen molar-refractivity contribution in [2.75, 3.05) is 5.32 Å². The molecule has 0 saturated heterocycles. The summed E-state index contributed by atoms with van der Waals surface area (Å²) >= 11 is 0. The van der Waals surface area contributed by atoms with Crippen molar-refractivity contribution in [3.05, 3.63) is 88.3 Å². The molecule has 0 aliphatic carbocycles. The molecule has 6 nitrogen and oxygen atoms in total. The van der Waals surface area contributed by atoms with Crippen molar-refractivity contribution in [3.63, 3.8) is 0 Å². The molecule has 0 unspecified atom stereocenters. The fourth-order valence-electron chi connectivity index (χ4n) is 3.04. The number of imidazole rings is 1. The Labute approximate surface area is 154 Å². The molecule has 0 aliphatic heterocycles. The minimum absolute atomic E-state index is 0.296. The summed E-state index contributed by atoms with van der Waals surface area (Å²) in [5.74, 6) is -0.296. The monoisotopic (exact) mass is 354 g/mol. The molecule has 0 atom stereocenters. The SMILES string of the molecule is N#Cc1ccccc1-c1ccccc1C(=O)Nc1ccc2[nH]c(=O)[nH]c2c1. The number of nitrogens with zero attached hydrogens (tertiary/aromatic N) is 1. The van der Waals surface area contributed by atoms with Gasteiger partial charge in [0.25, 0.3) is 5.91 Å². The summed E-state index contributed by atoms with van der Waals surface area (Å²) in [6.45, 7) is 0. The molecule has 0 bridgehead atoms. The number of rotatable bonds is 3. The second kappa shape index (κ2) is 6.65. The summed E-state index contributed by atoms with van der Waals surface area (Å²) < 4.78 is 0. The second-order valence-electron chi connectivity index (χ2n) is 6.00. The number of nitriles is 1. The first-order valence-corrected chi connectivity index (χ1v) is 8.27. The minimum atomic E-state index is -0.299. The third-order valence-electron chi connectivity index (χ3n) is 4.28. The van der Waals surface area contributed by atoms with Gasteiger partial charge in [-0.1, -0.05) is 36.4 Å². The molecule has 1 heterocycles. The highest BCUT2D eigenvalue weighted by atomic mass is 16.2. The van der Waals surface area contributed by atoms with Gasteiger partial charge in [0, 0.05) is 16.8 Å². The van der Waals surface area contributed by atoms with Crippen LogP contribution in [0.25, 0.3) is 22.2 Å².